The van der Waals surface area contributed by atoms with E-state index in [9.17, 15) is 30.1 Å². The van der Waals surface area contributed by atoms with Gasteiger partial charge in [-0.3, -0.25) is 14.6 Å². The van der Waals surface area contributed by atoms with Crippen LogP contribution in [0.2, 0.25) is 0 Å². The summed E-state index contributed by atoms with van der Waals surface area (Å²) in [6.45, 7) is 2.48. The molecule has 2 atom stereocenters. The number of carbonyl (C=O) groups excluding carboxylic acids is 1. The summed E-state index contributed by atoms with van der Waals surface area (Å²) >= 11 is 0. The Morgan fingerprint density at radius 2 is 2.03 bits per heavy atom. The molecule has 0 saturated carbocycles. The van der Waals surface area contributed by atoms with Gasteiger partial charge < -0.3 is 30.9 Å². The number of carbonyl (C=O) groups is 2. The monoisotopic (exact) mass is 493 g/mol. The normalized spacial score (nSPS) is 17.8. The van der Waals surface area contributed by atoms with Crippen LogP contribution in [0.3, 0.4) is 0 Å². The third kappa shape index (κ3) is 8.64. The summed E-state index contributed by atoms with van der Waals surface area (Å²) in [7, 11) is 0. The minimum Gasteiger partial charge on any atom is -0.632 e. The Bertz CT molecular complexity index is 978. The first kappa shape index (κ1) is 28.3. The van der Waals surface area contributed by atoms with Gasteiger partial charge in [-0.25, -0.2) is 4.79 Å². The predicted molar refractivity (Wildman–Crippen MR) is 128 cm³/mol. The molecule has 2 rings (SSSR count). The van der Waals surface area contributed by atoms with Crippen molar-refractivity contribution in [3.8, 4) is 5.75 Å². The van der Waals surface area contributed by atoms with Gasteiger partial charge in [0, 0.05) is 30.1 Å². The standard InChI is InChI=1S/C24H35N3O8/c1-16-3-4-21(28)20(9-16)14-27(33,15-23(31)35-34)8-7-26(13-22(29)30)12-19-11-18(5-6-25)10-17(2)24(19)32/h3-4,9,11,17,28,32,34H,5-8,10,12-15,25H2,1-2H3,(H,29,30). The van der Waals surface area contributed by atoms with Crippen LogP contribution in [0, 0.1) is 18.0 Å². The SMILES string of the molecule is Cc1ccc(O)c(C[N+]([O-])(CCN(CC(=O)O)CC2=C(O)C(C)CC(CCN)=C2)CC(=O)OO)c1. The summed E-state index contributed by atoms with van der Waals surface area (Å²) in [6.07, 6.45) is 3.14. The number of aromatic hydroxyl groups is 1. The number of allylic oxidation sites excluding steroid dienone is 1. The summed E-state index contributed by atoms with van der Waals surface area (Å²) in [5.41, 5.74) is 8.39. The molecule has 1 aromatic rings. The van der Waals surface area contributed by atoms with Crippen LogP contribution in [-0.4, -0.2) is 81.3 Å². The van der Waals surface area contributed by atoms with Gasteiger partial charge in [0.1, 0.15) is 12.3 Å². The van der Waals surface area contributed by atoms with Gasteiger partial charge in [0.2, 0.25) is 0 Å². The summed E-state index contributed by atoms with van der Waals surface area (Å²) in [6, 6.07) is 4.74. The molecule has 1 aromatic carbocycles. The zero-order valence-corrected chi connectivity index (χ0v) is 20.1. The van der Waals surface area contributed by atoms with Gasteiger partial charge in [-0.1, -0.05) is 30.2 Å². The fourth-order valence-electron chi connectivity index (χ4n) is 4.27. The number of hydrogen-bond acceptors (Lipinski definition) is 9. The molecular weight excluding hydrogens is 458 g/mol. The number of carboxylic acids is 1. The number of phenols is 1. The van der Waals surface area contributed by atoms with E-state index < -0.39 is 29.7 Å². The first-order valence-corrected chi connectivity index (χ1v) is 11.4. The number of carboxylic acid groups (broad SMARTS) is 1. The quantitative estimate of drug-likeness (QED) is 0.155. The van der Waals surface area contributed by atoms with Crippen molar-refractivity contribution in [2.75, 3.05) is 39.3 Å². The van der Waals surface area contributed by atoms with Gasteiger partial charge in [0.05, 0.1) is 18.8 Å². The molecule has 1 aliphatic carbocycles. The van der Waals surface area contributed by atoms with E-state index in [1.807, 2.05) is 13.0 Å². The van der Waals surface area contributed by atoms with Gasteiger partial charge in [-0.15, -0.1) is 0 Å². The van der Waals surface area contributed by atoms with Crippen LogP contribution in [-0.2, 0) is 21.0 Å². The smallest absolute Gasteiger partial charge is 0.396 e. The second-order valence-corrected chi connectivity index (χ2v) is 9.15. The number of hydroxylamine groups is 3. The van der Waals surface area contributed by atoms with E-state index >= 15 is 0 Å². The molecule has 1 aliphatic rings. The highest BCUT2D eigenvalue weighted by Gasteiger charge is 2.28. The molecule has 0 aromatic heterocycles. The number of nitrogens with two attached hydrogens (primary N) is 1. The number of aliphatic hydroxyl groups excluding tert-OH is 1. The number of hydrogen-bond donors (Lipinski definition) is 5. The maximum Gasteiger partial charge on any atom is 0.396 e. The Hall–Kier alpha value is -2.96. The van der Waals surface area contributed by atoms with Crippen molar-refractivity contribution in [1.82, 2.24) is 4.90 Å². The molecule has 2 unspecified atom stereocenters. The number of aryl methyl sites for hydroxylation is 1. The van der Waals surface area contributed by atoms with E-state index in [4.69, 9.17) is 11.0 Å². The van der Waals surface area contributed by atoms with Gasteiger partial charge in [-0.05, 0) is 38.4 Å². The third-order valence-electron chi connectivity index (χ3n) is 6.00. The molecule has 6 N–H and O–H groups in total. The molecule has 11 nitrogen and oxygen atoms in total. The molecule has 0 heterocycles. The average molecular weight is 494 g/mol. The zero-order valence-electron chi connectivity index (χ0n) is 20.1. The highest BCUT2D eigenvalue weighted by molar-refractivity contribution is 5.70. The van der Waals surface area contributed by atoms with E-state index in [0.717, 1.165) is 11.1 Å². The van der Waals surface area contributed by atoms with Crippen molar-refractivity contribution in [2.45, 2.75) is 33.2 Å². The highest BCUT2D eigenvalue weighted by atomic mass is 17.1. The molecule has 35 heavy (non-hydrogen) atoms. The predicted octanol–water partition coefficient (Wildman–Crippen LogP) is 2.05. The topological polar surface area (TPSA) is 177 Å². The second-order valence-electron chi connectivity index (χ2n) is 9.15. The number of nitrogens with zero attached hydrogens (tertiary/aromatic N) is 2. The maximum atomic E-state index is 13.6. The Labute approximate surface area is 204 Å². The molecule has 11 heteroatoms. The fraction of sp³-hybridized carbons (Fsp3) is 0.500. The molecule has 0 radical (unpaired) electrons. The summed E-state index contributed by atoms with van der Waals surface area (Å²) in [5, 5.41) is 52.5. The van der Waals surface area contributed by atoms with Crippen molar-refractivity contribution < 1.29 is 39.7 Å². The lowest BCUT2D eigenvalue weighted by Gasteiger charge is -2.42. The van der Waals surface area contributed by atoms with Crippen molar-refractivity contribution in [3.05, 3.63) is 57.5 Å². The molecule has 0 bridgehead atoms. The van der Waals surface area contributed by atoms with E-state index in [-0.39, 0.29) is 43.6 Å². The molecule has 0 aliphatic heterocycles. The van der Waals surface area contributed by atoms with Gasteiger partial charge in [-0.2, -0.15) is 5.26 Å². The van der Waals surface area contributed by atoms with Gasteiger partial charge in [0.15, 0.2) is 6.54 Å². The van der Waals surface area contributed by atoms with Gasteiger partial charge >= 0.3 is 11.9 Å². The van der Waals surface area contributed by atoms with E-state index in [1.54, 1.807) is 19.1 Å². The van der Waals surface area contributed by atoms with Crippen LogP contribution in [0.15, 0.2) is 41.2 Å². The van der Waals surface area contributed by atoms with Crippen LogP contribution in [0.4, 0.5) is 0 Å². The zero-order chi connectivity index (χ0) is 26.2. The number of aliphatic hydroxyl groups is 1. The van der Waals surface area contributed by atoms with E-state index in [1.165, 1.54) is 11.0 Å². The number of aliphatic carboxylic acids is 1. The lowest BCUT2D eigenvalue weighted by atomic mass is 9.88. The van der Waals surface area contributed by atoms with E-state index in [0.29, 0.717) is 30.5 Å². The lowest BCUT2D eigenvalue weighted by Crippen LogP contribution is -2.50. The number of rotatable bonds is 13. The third-order valence-corrected chi connectivity index (χ3v) is 6.00. The van der Waals surface area contributed by atoms with Crippen LogP contribution in [0.25, 0.3) is 0 Å². The van der Waals surface area contributed by atoms with Gasteiger partial charge in [0.25, 0.3) is 0 Å². The summed E-state index contributed by atoms with van der Waals surface area (Å²) in [5.74, 6) is -2.35. The number of benzene rings is 1. The average Bonchev–Trinajstić information content (AvgIpc) is 2.77. The molecule has 0 saturated heterocycles. The highest BCUT2D eigenvalue weighted by Crippen LogP contribution is 2.30. The fourth-order valence-corrected chi connectivity index (χ4v) is 4.27. The molecule has 194 valence electrons. The van der Waals surface area contributed by atoms with Crippen LogP contribution in [0.5, 0.6) is 5.75 Å². The number of quaternary nitrogens is 1. The Balaban J connectivity index is 2.26. The summed E-state index contributed by atoms with van der Waals surface area (Å²) < 4.78 is -1.19. The molecule has 0 amide bonds. The largest absolute Gasteiger partial charge is 0.632 e. The lowest BCUT2D eigenvalue weighted by molar-refractivity contribution is -0.886. The number of phenolic OH excluding ortho intramolecular Hbond substituents is 1. The molecular formula is C24H35N3O8. The first-order valence-electron chi connectivity index (χ1n) is 11.4. The Morgan fingerprint density at radius 3 is 2.66 bits per heavy atom. The minimum atomic E-state index is -1.19. The van der Waals surface area contributed by atoms with Crippen molar-refractivity contribution in [3.63, 3.8) is 0 Å². The first-order chi connectivity index (χ1) is 16.5. The Morgan fingerprint density at radius 1 is 1.31 bits per heavy atom. The van der Waals surface area contributed by atoms with Crippen molar-refractivity contribution in [2.24, 2.45) is 11.7 Å². The summed E-state index contributed by atoms with van der Waals surface area (Å²) in [4.78, 5) is 28.5. The van der Waals surface area contributed by atoms with E-state index in [2.05, 4.69) is 4.89 Å². The van der Waals surface area contributed by atoms with Crippen molar-refractivity contribution >= 4 is 11.9 Å². The van der Waals surface area contributed by atoms with Crippen LogP contribution < -0.4 is 5.73 Å². The van der Waals surface area contributed by atoms with Crippen LogP contribution in [0.1, 0.15) is 30.9 Å². The molecule has 0 fully saturated rings. The molecule has 0 spiro atoms. The maximum absolute atomic E-state index is 13.6. The minimum absolute atomic E-state index is 0.0354. The second kappa shape index (κ2) is 12.7. The van der Waals surface area contributed by atoms with Crippen LogP contribution >= 0.6 is 0 Å². The van der Waals surface area contributed by atoms with Crippen molar-refractivity contribution in [1.29, 1.82) is 0 Å². The Kier molecular flexibility index (Phi) is 10.2.